The smallest absolute Gasteiger partial charge is 0.355 e. The lowest BCUT2D eigenvalue weighted by Gasteiger charge is -2.19. The van der Waals surface area contributed by atoms with E-state index in [2.05, 4.69) is 10.3 Å². The zero-order valence-electron chi connectivity index (χ0n) is 17.3. The fourth-order valence-corrected chi connectivity index (χ4v) is 3.10. The molecule has 1 amide bonds. The van der Waals surface area contributed by atoms with E-state index in [0.29, 0.717) is 41.7 Å². The monoisotopic (exact) mass is 416 g/mol. The maximum atomic E-state index is 12.6. The van der Waals surface area contributed by atoms with E-state index in [1.807, 2.05) is 0 Å². The Morgan fingerprint density at radius 3 is 2.53 bits per heavy atom. The number of anilines is 1. The molecule has 1 atom stereocenters. The molecule has 30 heavy (non-hydrogen) atoms. The molecule has 1 aromatic heterocycles. The number of fused-ring (bicyclic) bond motifs is 1. The molecular weight excluding hydrogens is 392 g/mol. The van der Waals surface area contributed by atoms with Crippen molar-refractivity contribution in [3.8, 4) is 11.5 Å². The summed E-state index contributed by atoms with van der Waals surface area (Å²) >= 11 is 0. The highest BCUT2D eigenvalue weighted by Gasteiger charge is 2.27. The highest BCUT2D eigenvalue weighted by Crippen LogP contribution is 2.32. The molecule has 0 aliphatic carbocycles. The molecule has 9 nitrogen and oxygen atoms in total. The van der Waals surface area contributed by atoms with Crippen LogP contribution in [0.1, 0.15) is 46.0 Å². The summed E-state index contributed by atoms with van der Waals surface area (Å²) in [5.74, 6) is -0.622. The highest BCUT2D eigenvalue weighted by molar-refractivity contribution is 6.01. The molecule has 0 saturated carbocycles. The molecular formula is C21H24N2O7. The van der Waals surface area contributed by atoms with Crippen molar-refractivity contribution in [1.29, 1.82) is 0 Å². The Bertz CT molecular complexity index is 980. The number of carbonyl (C=O) groups is 3. The fraction of sp³-hybridized carbons (Fsp3) is 0.381. The van der Waals surface area contributed by atoms with E-state index < -0.39 is 23.9 Å². The topological polar surface area (TPSA) is 116 Å². The van der Waals surface area contributed by atoms with Gasteiger partial charge in [0.2, 0.25) is 0 Å². The first-order chi connectivity index (χ1) is 14.3. The van der Waals surface area contributed by atoms with Gasteiger partial charge in [0.25, 0.3) is 5.91 Å². The van der Waals surface area contributed by atoms with Crippen LogP contribution in [0.15, 0.2) is 18.2 Å². The fourth-order valence-electron chi connectivity index (χ4n) is 3.10. The van der Waals surface area contributed by atoms with Gasteiger partial charge in [0, 0.05) is 17.4 Å². The summed E-state index contributed by atoms with van der Waals surface area (Å²) in [4.78, 5) is 40.0. The minimum absolute atomic E-state index is 0.190. The van der Waals surface area contributed by atoms with Crippen molar-refractivity contribution in [1.82, 2.24) is 4.98 Å². The van der Waals surface area contributed by atoms with Crippen LogP contribution < -0.4 is 14.8 Å². The minimum Gasteiger partial charge on any atom is -0.486 e. The van der Waals surface area contributed by atoms with Gasteiger partial charge in [-0.2, -0.15) is 0 Å². The first-order valence-corrected chi connectivity index (χ1v) is 9.59. The van der Waals surface area contributed by atoms with Crippen LogP contribution in [0.4, 0.5) is 5.69 Å². The van der Waals surface area contributed by atoms with Crippen molar-refractivity contribution in [2.45, 2.75) is 33.8 Å². The third-order valence-corrected chi connectivity index (χ3v) is 4.58. The number of aromatic amines is 1. The van der Waals surface area contributed by atoms with E-state index in [4.69, 9.17) is 18.9 Å². The van der Waals surface area contributed by atoms with Gasteiger partial charge in [-0.25, -0.2) is 9.59 Å². The maximum Gasteiger partial charge on any atom is 0.355 e. The van der Waals surface area contributed by atoms with Crippen molar-refractivity contribution in [2.24, 2.45) is 0 Å². The zero-order chi connectivity index (χ0) is 21.8. The molecule has 0 spiro atoms. The number of nitrogens with one attached hydrogen (secondary N) is 2. The van der Waals surface area contributed by atoms with E-state index in [1.54, 1.807) is 39.0 Å². The summed E-state index contributed by atoms with van der Waals surface area (Å²) < 4.78 is 21.2. The predicted octanol–water partition coefficient (Wildman–Crippen LogP) is 2.76. The largest absolute Gasteiger partial charge is 0.486 e. The molecule has 1 aromatic carbocycles. The summed E-state index contributed by atoms with van der Waals surface area (Å²) in [5, 5.41) is 2.68. The van der Waals surface area contributed by atoms with Gasteiger partial charge in [0.05, 0.1) is 12.2 Å². The molecule has 1 aliphatic rings. The van der Waals surface area contributed by atoms with Gasteiger partial charge in [-0.05, 0) is 45.4 Å². The van der Waals surface area contributed by atoms with Crippen molar-refractivity contribution < 1.29 is 33.3 Å². The lowest BCUT2D eigenvalue weighted by Crippen LogP contribution is -2.30. The Morgan fingerprint density at radius 2 is 1.83 bits per heavy atom. The van der Waals surface area contributed by atoms with Gasteiger partial charge < -0.3 is 29.2 Å². The van der Waals surface area contributed by atoms with Crippen LogP contribution in [0.2, 0.25) is 0 Å². The molecule has 2 N–H and O–H groups in total. The lowest BCUT2D eigenvalue weighted by molar-refractivity contribution is -0.123. The van der Waals surface area contributed by atoms with Gasteiger partial charge in [-0.3, -0.25) is 4.79 Å². The zero-order valence-corrected chi connectivity index (χ0v) is 17.3. The molecule has 9 heteroatoms. The Labute approximate surface area is 173 Å². The second-order valence-electron chi connectivity index (χ2n) is 6.74. The number of H-pyrrole nitrogens is 1. The van der Waals surface area contributed by atoms with E-state index in [1.165, 1.54) is 6.92 Å². The number of aryl methyl sites for hydroxylation is 1. The Hall–Kier alpha value is -3.49. The number of carbonyl (C=O) groups excluding carboxylic acids is 3. The summed E-state index contributed by atoms with van der Waals surface area (Å²) in [6, 6.07) is 5.02. The number of ether oxygens (including phenoxy) is 4. The first-order valence-electron chi connectivity index (χ1n) is 9.59. The number of benzene rings is 1. The quantitative estimate of drug-likeness (QED) is 0.696. The maximum absolute atomic E-state index is 12.6. The summed E-state index contributed by atoms with van der Waals surface area (Å²) in [5.41, 5.74) is 1.76. The number of esters is 2. The molecule has 0 unspecified atom stereocenters. The van der Waals surface area contributed by atoms with Gasteiger partial charge >= 0.3 is 11.9 Å². The second kappa shape index (κ2) is 8.89. The lowest BCUT2D eigenvalue weighted by atomic mass is 10.1. The molecule has 3 rings (SSSR count). The second-order valence-corrected chi connectivity index (χ2v) is 6.74. The molecule has 2 aromatic rings. The molecule has 160 valence electrons. The average molecular weight is 416 g/mol. The number of hydrogen-bond donors (Lipinski definition) is 2. The molecule has 0 radical (unpaired) electrons. The Balaban J connectivity index is 1.67. The number of amides is 1. The molecule has 0 fully saturated rings. The Morgan fingerprint density at radius 1 is 1.13 bits per heavy atom. The number of hydrogen-bond acceptors (Lipinski definition) is 7. The van der Waals surface area contributed by atoms with Crippen LogP contribution in [0.3, 0.4) is 0 Å². The van der Waals surface area contributed by atoms with Crippen LogP contribution in [0, 0.1) is 13.8 Å². The summed E-state index contributed by atoms with van der Waals surface area (Å²) in [6.07, 6.45) is -1.06. The van der Waals surface area contributed by atoms with Crippen LogP contribution >= 0.6 is 0 Å². The van der Waals surface area contributed by atoms with Crippen molar-refractivity contribution >= 4 is 23.5 Å². The van der Waals surface area contributed by atoms with Gasteiger partial charge in [0.1, 0.15) is 18.9 Å². The molecule has 0 bridgehead atoms. The van der Waals surface area contributed by atoms with Crippen LogP contribution in [-0.2, 0) is 14.3 Å². The van der Waals surface area contributed by atoms with E-state index >= 15 is 0 Å². The normalized spacial score (nSPS) is 13.3. The minimum atomic E-state index is -1.06. The SMILES string of the molecule is CCOC(=O)c1[nH]c(C)c(C(=O)O[C@H](C)C(=O)Nc2ccc3c(c2)OCCO3)c1C. The van der Waals surface area contributed by atoms with Gasteiger partial charge in [0.15, 0.2) is 17.6 Å². The Kier molecular flexibility index (Phi) is 6.29. The number of aromatic nitrogens is 1. The van der Waals surface area contributed by atoms with Crippen molar-refractivity contribution in [2.75, 3.05) is 25.1 Å². The highest BCUT2D eigenvalue weighted by atomic mass is 16.6. The van der Waals surface area contributed by atoms with Crippen LogP contribution in [0.5, 0.6) is 11.5 Å². The third kappa shape index (κ3) is 4.40. The van der Waals surface area contributed by atoms with Crippen molar-refractivity contribution in [3.05, 3.63) is 40.7 Å². The predicted molar refractivity (Wildman–Crippen MR) is 107 cm³/mol. The van der Waals surface area contributed by atoms with Crippen LogP contribution in [0.25, 0.3) is 0 Å². The number of rotatable bonds is 6. The first kappa shape index (κ1) is 21.2. The van der Waals surface area contributed by atoms with Crippen LogP contribution in [-0.4, -0.2) is 48.8 Å². The van der Waals surface area contributed by atoms with Gasteiger partial charge in [-0.15, -0.1) is 0 Å². The molecule has 2 heterocycles. The summed E-state index contributed by atoms with van der Waals surface area (Å²) in [7, 11) is 0. The standard InChI is InChI=1S/C21H24N2O7/c1-5-27-21(26)18-11(2)17(12(3)22-18)20(25)30-13(4)19(24)23-14-6-7-15-16(10-14)29-9-8-28-15/h6-7,10,13,22H,5,8-9H2,1-4H3,(H,23,24)/t13-/m1/s1. The average Bonchev–Trinajstić information content (AvgIpc) is 3.02. The van der Waals surface area contributed by atoms with E-state index in [0.717, 1.165) is 0 Å². The van der Waals surface area contributed by atoms with E-state index in [-0.39, 0.29) is 17.9 Å². The summed E-state index contributed by atoms with van der Waals surface area (Å²) in [6.45, 7) is 7.55. The van der Waals surface area contributed by atoms with E-state index in [9.17, 15) is 14.4 Å². The molecule has 1 aliphatic heterocycles. The molecule has 0 saturated heterocycles. The third-order valence-electron chi connectivity index (χ3n) is 4.58. The van der Waals surface area contributed by atoms with Crippen molar-refractivity contribution in [3.63, 3.8) is 0 Å². The van der Waals surface area contributed by atoms with Gasteiger partial charge in [-0.1, -0.05) is 0 Å².